The van der Waals surface area contributed by atoms with Crippen LogP contribution in [0.2, 0.25) is 0 Å². The summed E-state index contributed by atoms with van der Waals surface area (Å²) in [5.41, 5.74) is 4.76. The number of nitrogens with zero attached hydrogens (tertiary/aromatic N) is 4. The molecule has 0 unspecified atom stereocenters. The van der Waals surface area contributed by atoms with Crippen molar-refractivity contribution in [3.05, 3.63) is 42.0 Å². The average molecular weight is 519 g/mol. The van der Waals surface area contributed by atoms with E-state index in [1.165, 1.54) is 69.5 Å². The van der Waals surface area contributed by atoms with Crippen LogP contribution in [0.1, 0.15) is 70.9 Å². The van der Waals surface area contributed by atoms with Gasteiger partial charge in [-0.3, -0.25) is 0 Å². The van der Waals surface area contributed by atoms with Crippen LogP contribution < -0.4 is 9.47 Å². The number of piperidine rings is 2. The van der Waals surface area contributed by atoms with Gasteiger partial charge < -0.3 is 23.8 Å². The fourth-order valence-corrected chi connectivity index (χ4v) is 6.65. The minimum atomic E-state index is 0.296. The molecule has 6 heteroatoms. The normalized spacial score (nSPS) is 18.6. The van der Waals surface area contributed by atoms with Gasteiger partial charge in [-0.2, -0.15) is 0 Å². The van der Waals surface area contributed by atoms with E-state index in [0.29, 0.717) is 12.0 Å². The highest BCUT2D eigenvalue weighted by atomic mass is 16.5. The number of ether oxygens (including phenoxy) is 2. The largest absolute Gasteiger partial charge is 0.493 e. The summed E-state index contributed by atoms with van der Waals surface area (Å²) in [5, 5.41) is 0. The first-order valence-electron chi connectivity index (χ1n) is 14.6. The third-order valence-electron chi connectivity index (χ3n) is 8.57. The van der Waals surface area contributed by atoms with Gasteiger partial charge in [-0.05, 0) is 113 Å². The number of imidazole rings is 1. The molecule has 0 saturated carbocycles. The summed E-state index contributed by atoms with van der Waals surface area (Å²) in [6, 6.07) is 14.1. The van der Waals surface area contributed by atoms with Crippen LogP contribution in [-0.2, 0) is 0 Å². The Balaban J connectivity index is 1.31. The molecule has 2 aliphatic rings. The van der Waals surface area contributed by atoms with E-state index in [0.717, 1.165) is 40.4 Å². The van der Waals surface area contributed by atoms with Crippen molar-refractivity contribution in [2.45, 2.75) is 71.4 Å². The van der Waals surface area contributed by atoms with Crippen LogP contribution in [0.25, 0.3) is 22.4 Å². The summed E-state index contributed by atoms with van der Waals surface area (Å²) < 4.78 is 13.4. The molecule has 38 heavy (non-hydrogen) atoms. The number of likely N-dealkylation sites (tertiary alicyclic amines) is 2. The van der Waals surface area contributed by atoms with Crippen LogP contribution in [0.4, 0.5) is 0 Å². The molecule has 3 aromatic rings. The third kappa shape index (κ3) is 5.57. The molecular weight excluding hydrogens is 472 g/mol. The lowest BCUT2D eigenvalue weighted by atomic mass is 9.87. The van der Waals surface area contributed by atoms with Gasteiger partial charge in [0.25, 0.3) is 0 Å². The van der Waals surface area contributed by atoms with Crippen molar-refractivity contribution in [2.75, 3.05) is 46.9 Å². The first kappa shape index (κ1) is 27.0. The number of benzene rings is 2. The van der Waals surface area contributed by atoms with Crippen molar-refractivity contribution in [2.24, 2.45) is 5.92 Å². The van der Waals surface area contributed by atoms with Crippen molar-refractivity contribution >= 4 is 11.0 Å². The molecule has 0 bridgehead atoms. The predicted molar refractivity (Wildman–Crippen MR) is 157 cm³/mol. The van der Waals surface area contributed by atoms with Gasteiger partial charge >= 0.3 is 0 Å². The van der Waals surface area contributed by atoms with E-state index in [1.54, 1.807) is 14.2 Å². The Bertz CT molecular complexity index is 1220. The lowest BCUT2D eigenvalue weighted by Crippen LogP contribution is -2.48. The van der Waals surface area contributed by atoms with E-state index >= 15 is 0 Å². The smallest absolute Gasteiger partial charge is 0.161 e. The summed E-state index contributed by atoms with van der Waals surface area (Å²) in [4.78, 5) is 10.6. The van der Waals surface area contributed by atoms with Crippen LogP contribution >= 0.6 is 0 Å². The zero-order chi connectivity index (χ0) is 26.8. The second kappa shape index (κ2) is 11.7. The molecule has 3 heterocycles. The summed E-state index contributed by atoms with van der Waals surface area (Å²) in [5.74, 6) is 3.82. The SMILES string of the molecule is COc1ccc(-c2nc3cc(C4CCN(C5CCN(CC(C)C)CC5)CC4)ccc3n2C(C)C)cc1OC. The highest BCUT2D eigenvalue weighted by molar-refractivity contribution is 5.82. The van der Waals surface area contributed by atoms with Gasteiger partial charge in [-0.25, -0.2) is 4.98 Å². The Labute approximate surface area is 228 Å². The molecule has 206 valence electrons. The lowest BCUT2D eigenvalue weighted by Gasteiger charge is -2.42. The van der Waals surface area contributed by atoms with E-state index in [2.05, 4.69) is 66.3 Å². The molecule has 0 amide bonds. The second-order valence-corrected chi connectivity index (χ2v) is 12.0. The minimum Gasteiger partial charge on any atom is -0.493 e. The van der Waals surface area contributed by atoms with Gasteiger partial charge in [0, 0.05) is 24.2 Å². The Morgan fingerprint density at radius 3 is 2.18 bits per heavy atom. The van der Waals surface area contributed by atoms with Gasteiger partial charge in [0.2, 0.25) is 0 Å². The number of rotatable bonds is 8. The molecule has 0 atom stereocenters. The molecule has 0 spiro atoms. The van der Waals surface area contributed by atoms with Crippen molar-refractivity contribution in [3.8, 4) is 22.9 Å². The van der Waals surface area contributed by atoms with Crippen molar-refractivity contribution in [1.29, 1.82) is 0 Å². The summed E-state index contributed by atoms with van der Waals surface area (Å²) in [6.45, 7) is 15.3. The van der Waals surface area contributed by atoms with E-state index in [9.17, 15) is 0 Å². The van der Waals surface area contributed by atoms with Crippen molar-refractivity contribution < 1.29 is 9.47 Å². The van der Waals surface area contributed by atoms with E-state index in [-0.39, 0.29) is 0 Å². The van der Waals surface area contributed by atoms with Crippen molar-refractivity contribution in [3.63, 3.8) is 0 Å². The van der Waals surface area contributed by atoms with Gasteiger partial charge in [0.1, 0.15) is 5.82 Å². The molecule has 0 radical (unpaired) electrons. The maximum Gasteiger partial charge on any atom is 0.161 e. The molecule has 6 nitrogen and oxygen atoms in total. The summed E-state index contributed by atoms with van der Waals surface area (Å²) >= 11 is 0. The fourth-order valence-electron chi connectivity index (χ4n) is 6.65. The van der Waals surface area contributed by atoms with E-state index in [4.69, 9.17) is 14.5 Å². The molecule has 2 fully saturated rings. The van der Waals surface area contributed by atoms with Gasteiger partial charge in [-0.15, -0.1) is 0 Å². The van der Waals surface area contributed by atoms with Gasteiger partial charge in [0.05, 0.1) is 25.3 Å². The van der Waals surface area contributed by atoms with Gasteiger partial charge in [-0.1, -0.05) is 19.9 Å². The Morgan fingerprint density at radius 1 is 0.842 bits per heavy atom. The zero-order valence-corrected chi connectivity index (χ0v) is 24.2. The van der Waals surface area contributed by atoms with Crippen LogP contribution in [-0.4, -0.2) is 72.3 Å². The molecule has 2 saturated heterocycles. The monoisotopic (exact) mass is 518 g/mol. The summed E-state index contributed by atoms with van der Waals surface area (Å²) in [7, 11) is 3.35. The van der Waals surface area contributed by atoms with E-state index < -0.39 is 0 Å². The Hall–Kier alpha value is -2.57. The third-order valence-corrected chi connectivity index (χ3v) is 8.57. The van der Waals surface area contributed by atoms with Gasteiger partial charge in [0.15, 0.2) is 11.5 Å². The average Bonchev–Trinajstić information content (AvgIpc) is 3.32. The van der Waals surface area contributed by atoms with Crippen LogP contribution in [0, 0.1) is 5.92 Å². The topological polar surface area (TPSA) is 42.8 Å². The molecule has 1 aromatic heterocycles. The number of hydrogen-bond donors (Lipinski definition) is 0. The molecule has 0 aliphatic carbocycles. The maximum absolute atomic E-state index is 5.58. The standard InChI is InChI=1S/C32H46N4O2/c1-22(2)21-34-15-13-27(14-16-34)35-17-11-24(12-18-35)25-7-9-29-28(19-25)33-32(36(29)23(3)4)26-8-10-30(37-5)31(20-26)38-6/h7-10,19-20,22-24,27H,11-18,21H2,1-6H3. The zero-order valence-electron chi connectivity index (χ0n) is 24.2. The minimum absolute atomic E-state index is 0.296. The summed E-state index contributed by atoms with van der Waals surface area (Å²) in [6.07, 6.45) is 5.14. The number of methoxy groups -OCH3 is 2. The van der Waals surface area contributed by atoms with Crippen LogP contribution in [0.15, 0.2) is 36.4 Å². The fraction of sp³-hybridized carbons (Fsp3) is 0.594. The number of fused-ring (bicyclic) bond motifs is 1. The number of hydrogen-bond acceptors (Lipinski definition) is 5. The number of aromatic nitrogens is 2. The Morgan fingerprint density at radius 2 is 1.55 bits per heavy atom. The van der Waals surface area contributed by atoms with Crippen LogP contribution in [0.5, 0.6) is 11.5 Å². The predicted octanol–water partition coefficient (Wildman–Crippen LogP) is 6.60. The Kier molecular flexibility index (Phi) is 8.29. The second-order valence-electron chi connectivity index (χ2n) is 12.0. The molecule has 2 aromatic carbocycles. The quantitative estimate of drug-likeness (QED) is 0.336. The molecule has 0 N–H and O–H groups in total. The molecular formula is C32H46N4O2. The van der Waals surface area contributed by atoms with Crippen LogP contribution in [0.3, 0.4) is 0 Å². The first-order chi connectivity index (χ1) is 18.4. The highest BCUT2D eigenvalue weighted by Crippen LogP contribution is 2.37. The first-order valence-corrected chi connectivity index (χ1v) is 14.6. The molecule has 2 aliphatic heterocycles. The van der Waals surface area contributed by atoms with Crippen molar-refractivity contribution in [1.82, 2.24) is 19.4 Å². The maximum atomic E-state index is 5.58. The molecule has 5 rings (SSSR count). The lowest BCUT2D eigenvalue weighted by molar-refractivity contribution is 0.0828. The van der Waals surface area contributed by atoms with E-state index in [1.807, 2.05) is 12.1 Å². The highest BCUT2D eigenvalue weighted by Gasteiger charge is 2.29.